The normalized spacial score (nSPS) is 11.4. The standard InChI is InChI=1S/C18H20N2O4/c1-20(14-8-10-15(24-2)11-9-14)17(21)16(19-18(22)23)12-13-6-4-3-5-7-13/h3-11,16,19H,12H2,1-2H3,(H,22,23). The lowest BCUT2D eigenvalue weighted by molar-refractivity contribution is -0.120. The van der Waals surface area contributed by atoms with E-state index in [4.69, 9.17) is 9.84 Å². The fourth-order valence-electron chi connectivity index (χ4n) is 2.37. The molecule has 126 valence electrons. The summed E-state index contributed by atoms with van der Waals surface area (Å²) in [5.41, 5.74) is 1.54. The molecule has 2 rings (SSSR count). The third kappa shape index (κ3) is 4.49. The summed E-state index contributed by atoms with van der Waals surface area (Å²) in [4.78, 5) is 25.2. The molecule has 0 fully saturated rings. The number of carbonyl (C=O) groups is 2. The van der Waals surface area contributed by atoms with Crippen molar-refractivity contribution in [2.75, 3.05) is 19.1 Å². The summed E-state index contributed by atoms with van der Waals surface area (Å²) in [5.74, 6) is 0.357. The Balaban J connectivity index is 2.17. The van der Waals surface area contributed by atoms with Crippen molar-refractivity contribution >= 4 is 17.7 Å². The van der Waals surface area contributed by atoms with Crippen molar-refractivity contribution in [3.63, 3.8) is 0 Å². The number of nitrogens with one attached hydrogen (secondary N) is 1. The summed E-state index contributed by atoms with van der Waals surface area (Å²) < 4.78 is 5.09. The maximum atomic E-state index is 12.7. The zero-order valence-electron chi connectivity index (χ0n) is 13.6. The van der Waals surface area contributed by atoms with Gasteiger partial charge >= 0.3 is 6.09 Å². The van der Waals surface area contributed by atoms with E-state index in [1.807, 2.05) is 30.3 Å². The number of ether oxygens (including phenoxy) is 1. The van der Waals surface area contributed by atoms with Gasteiger partial charge in [0.1, 0.15) is 11.8 Å². The van der Waals surface area contributed by atoms with Crippen LogP contribution < -0.4 is 15.0 Å². The first-order chi connectivity index (χ1) is 11.5. The third-order valence-corrected chi connectivity index (χ3v) is 3.67. The van der Waals surface area contributed by atoms with Crippen molar-refractivity contribution in [1.82, 2.24) is 5.32 Å². The summed E-state index contributed by atoms with van der Waals surface area (Å²) in [6, 6.07) is 15.4. The van der Waals surface area contributed by atoms with Gasteiger partial charge < -0.3 is 20.1 Å². The summed E-state index contributed by atoms with van der Waals surface area (Å²) in [6.07, 6.45) is -0.945. The molecule has 0 aliphatic carbocycles. The number of rotatable bonds is 6. The highest BCUT2D eigenvalue weighted by molar-refractivity contribution is 5.98. The Kier molecular flexibility index (Phi) is 5.78. The Morgan fingerprint density at radius 1 is 1.12 bits per heavy atom. The molecule has 0 spiro atoms. The molecule has 2 aromatic rings. The molecule has 0 aromatic heterocycles. The topological polar surface area (TPSA) is 78.9 Å². The minimum absolute atomic E-state index is 0.284. The fraction of sp³-hybridized carbons (Fsp3) is 0.222. The van der Waals surface area contributed by atoms with E-state index in [0.717, 1.165) is 5.56 Å². The van der Waals surface area contributed by atoms with Crippen LogP contribution in [0.1, 0.15) is 5.56 Å². The first-order valence-corrected chi connectivity index (χ1v) is 7.46. The van der Waals surface area contributed by atoms with E-state index in [9.17, 15) is 9.59 Å². The summed E-state index contributed by atoms with van der Waals surface area (Å²) in [6.45, 7) is 0. The zero-order chi connectivity index (χ0) is 17.5. The van der Waals surface area contributed by atoms with Crippen LogP contribution in [0.2, 0.25) is 0 Å². The Labute approximate surface area is 140 Å². The number of likely N-dealkylation sites (N-methyl/N-ethyl adjacent to an activating group) is 1. The average molecular weight is 328 g/mol. The number of carbonyl (C=O) groups excluding carboxylic acids is 1. The second-order valence-corrected chi connectivity index (χ2v) is 5.29. The molecule has 6 heteroatoms. The van der Waals surface area contributed by atoms with Crippen LogP contribution in [0.4, 0.5) is 10.5 Å². The highest BCUT2D eigenvalue weighted by Gasteiger charge is 2.25. The van der Waals surface area contributed by atoms with Gasteiger partial charge in [0.25, 0.3) is 0 Å². The van der Waals surface area contributed by atoms with E-state index in [0.29, 0.717) is 11.4 Å². The second-order valence-electron chi connectivity index (χ2n) is 5.29. The zero-order valence-corrected chi connectivity index (χ0v) is 13.6. The van der Waals surface area contributed by atoms with Crippen LogP contribution in [-0.4, -0.2) is 37.3 Å². The molecule has 2 N–H and O–H groups in total. The van der Waals surface area contributed by atoms with Gasteiger partial charge in [-0.3, -0.25) is 4.79 Å². The SMILES string of the molecule is COc1ccc(N(C)C(=O)C(Cc2ccccc2)NC(=O)O)cc1. The lowest BCUT2D eigenvalue weighted by Crippen LogP contribution is -2.48. The van der Waals surface area contributed by atoms with Crippen LogP contribution in [0.25, 0.3) is 0 Å². The first-order valence-electron chi connectivity index (χ1n) is 7.46. The molecule has 6 nitrogen and oxygen atoms in total. The van der Waals surface area contributed by atoms with E-state index >= 15 is 0 Å². The largest absolute Gasteiger partial charge is 0.497 e. The van der Waals surface area contributed by atoms with E-state index < -0.39 is 12.1 Å². The molecule has 24 heavy (non-hydrogen) atoms. The van der Waals surface area contributed by atoms with Crippen LogP contribution in [0.15, 0.2) is 54.6 Å². The monoisotopic (exact) mass is 328 g/mol. The van der Waals surface area contributed by atoms with Crippen molar-refractivity contribution in [2.24, 2.45) is 0 Å². The quantitative estimate of drug-likeness (QED) is 0.854. The Bertz CT molecular complexity index is 686. The number of amides is 2. The van der Waals surface area contributed by atoms with Gasteiger partial charge in [-0.25, -0.2) is 4.79 Å². The second kappa shape index (κ2) is 8.01. The van der Waals surface area contributed by atoms with Crippen LogP contribution in [-0.2, 0) is 11.2 Å². The van der Waals surface area contributed by atoms with Crippen LogP contribution in [0.5, 0.6) is 5.75 Å². The van der Waals surface area contributed by atoms with Gasteiger partial charge in [-0.15, -0.1) is 0 Å². The van der Waals surface area contributed by atoms with Gasteiger partial charge in [-0.05, 0) is 29.8 Å². The molecule has 0 saturated heterocycles. The van der Waals surface area contributed by atoms with E-state index in [-0.39, 0.29) is 12.3 Å². The van der Waals surface area contributed by atoms with Gasteiger partial charge in [0.05, 0.1) is 7.11 Å². The summed E-state index contributed by atoms with van der Waals surface area (Å²) >= 11 is 0. The molecule has 0 aliphatic rings. The molecule has 0 radical (unpaired) electrons. The maximum absolute atomic E-state index is 12.7. The Morgan fingerprint density at radius 2 is 1.75 bits per heavy atom. The van der Waals surface area contributed by atoms with Gasteiger partial charge in [0, 0.05) is 19.2 Å². The average Bonchev–Trinajstić information content (AvgIpc) is 2.60. The van der Waals surface area contributed by atoms with Crippen molar-refractivity contribution in [2.45, 2.75) is 12.5 Å². The minimum Gasteiger partial charge on any atom is -0.497 e. The van der Waals surface area contributed by atoms with Gasteiger partial charge in [-0.1, -0.05) is 30.3 Å². The number of carboxylic acid groups (broad SMARTS) is 1. The molecular weight excluding hydrogens is 308 g/mol. The molecule has 1 unspecified atom stereocenters. The lowest BCUT2D eigenvalue weighted by atomic mass is 10.0. The molecule has 2 aromatic carbocycles. The fourth-order valence-corrected chi connectivity index (χ4v) is 2.37. The predicted octanol–water partition coefficient (Wildman–Crippen LogP) is 2.54. The molecule has 0 aliphatic heterocycles. The van der Waals surface area contributed by atoms with Crippen LogP contribution in [0, 0.1) is 0 Å². The lowest BCUT2D eigenvalue weighted by Gasteiger charge is -2.24. The van der Waals surface area contributed by atoms with Gasteiger partial charge in [0.15, 0.2) is 0 Å². The molecular formula is C18H20N2O4. The molecule has 0 bridgehead atoms. The number of nitrogens with zero attached hydrogens (tertiary/aromatic N) is 1. The molecule has 1 atom stereocenters. The molecule has 0 saturated carbocycles. The van der Waals surface area contributed by atoms with Gasteiger partial charge in [0.2, 0.25) is 5.91 Å². The molecule has 0 heterocycles. The number of hydrogen-bond donors (Lipinski definition) is 2. The number of methoxy groups -OCH3 is 1. The summed E-state index contributed by atoms with van der Waals surface area (Å²) in [5, 5.41) is 11.3. The van der Waals surface area contributed by atoms with Gasteiger partial charge in [-0.2, -0.15) is 0 Å². The Morgan fingerprint density at radius 3 is 2.29 bits per heavy atom. The van der Waals surface area contributed by atoms with E-state index in [1.165, 1.54) is 4.90 Å². The molecule has 2 amide bonds. The van der Waals surface area contributed by atoms with E-state index in [2.05, 4.69) is 5.32 Å². The number of anilines is 1. The smallest absolute Gasteiger partial charge is 0.405 e. The number of benzene rings is 2. The van der Waals surface area contributed by atoms with Crippen LogP contribution in [0.3, 0.4) is 0 Å². The van der Waals surface area contributed by atoms with Crippen molar-refractivity contribution < 1.29 is 19.4 Å². The third-order valence-electron chi connectivity index (χ3n) is 3.67. The van der Waals surface area contributed by atoms with Crippen molar-refractivity contribution in [3.8, 4) is 5.75 Å². The van der Waals surface area contributed by atoms with E-state index in [1.54, 1.807) is 38.4 Å². The van der Waals surface area contributed by atoms with Crippen molar-refractivity contribution in [1.29, 1.82) is 0 Å². The first kappa shape index (κ1) is 17.3. The summed E-state index contributed by atoms with van der Waals surface area (Å²) in [7, 11) is 3.18. The predicted molar refractivity (Wildman–Crippen MR) is 91.5 cm³/mol. The maximum Gasteiger partial charge on any atom is 0.405 e. The highest BCUT2D eigenvalue weighted by Crippen LogP contribution is 2.19. The highest BCUT2D eigenvalue weighted by atomic mass is 16.5. The minimum atomic E-state index is -1.23. The van der Waals surface area contributed by atoms with Crippen molar-refractivity contribution in [3.05, 3.63) is 60.2 Å². The Hall–Kier alpha value is -3.02. The number of hydrogen-bond acceptors (Lipinski definition) is 3. The van der Waals surface area contributed by atoms with Crippen LogP contribution >= 0.6 is 0 Å².